The van der Waals surface area contributed by atoms with Crippen LogP contribution < -0.4 is 9.80 Å². The third-order valence-corrected chi connectivity index (χ3v) is 9.39. The summed E-state index contributed by atoms with van der Waals surface area (Å²) in [7, 11) is 0. The normalized spacial score (nSPS) is 15.9. The van der Waals surface area contributed by atoms with Gasteiger partial charge in [-0.05, 0) is 65.8 Å². The predicted molar refractivity (Wildman–Crippen MR) is 183 cm³/mol. The van der Waals surface area contributed by atoms with E-state index in [4.69, 9.17) is 5.26 Å². The van der Waals surface area contributed by atoms with Gasteiger partial charge in [-0.15, -0.1) is 0 Å². The minimum absolute atomic E-state index is 0.254. The highest BCUT2D eigenvalue weighted by atomic mass is 79.9. The molecule has 0 bridgehead atoms. The van der Waals surface area contributed by atoms with Gasteiger partial charge in [0, 0.05) is 71.0 Å². The lowest BCUT2D eigenvalue weighted by atomic mass is 9.79. The molecular formula is C38H31BrN4O. The van der Waals surface area contributed by atoms with E-state index in [0.29, 0.717) is 12.0 Å². The zero-order valence-electron chi connectivity index (χ0n) is 24.3. The van der Waals surface area contributed by atoms with Crippen LogP contribution in [0.1, 0.15) is 40.7 Å². The average Bonchev–Trinajstić information content (AvgIpc) is 3.08. The van der Waals surface area contributed by atoms with Crippen molar-refractivity contribution in [3.8, 4) is 6.07 Å². The lowest BCUT2D eigenvalue weighted by Gasteiger charge is -2.37. The Morgan fingerprint density at radius 2 is 1.57 bits per heavy atom. The van der Waals surface area contributed by atoms with Gasteiger partial charge in [0.25, 0.3) is 0 Å². The number of rotatable bonds is 2. The van der Waals surface area contributed by atoms with E-state index < -0.39 is 0 Å². The lowest BCUT2D eigenvalue weighted by Crippen LogP contribution is -2.46. The van der Waals surface area contributed by atoms with Crippen molar-refractivity contribution >= 4 is 60.3 Å². The fraction of sp³-hybridized carbons (Fsp3) is 0.184. The third kappa shape index (κ3) is 5.40. The summed E-state index contributed by atoms with van der Waals surface area (Å²) in [5.74, 6) is 0.254. The SMILES string of the molecule is N#Cc1cnc2ccccc2c1.O=C1CC2=C(C=CCC2)c2ccc3cc(N4CCN(c5ccccc5)CC4)cc(Br)c3c21. The number of ketones is 1. The zero-order valence-corrected chi connectivity index (χ0v) is 25.9. The van der Waals surface area contributed by atoms with Crippen molar-refractivity contribution in [2.75, 3.05) is 36.0 Å². The summed E-state index contributed by atoms with van der Waals surface area (Å²) in [6, 6.07) is 31.1. The fourth-order valence-electron chi connectivity index (χ4n) is 6.55. The number of carbonyl (C=O) groups excluding carboxylic acids is 1. The molecule has 6 heteroatoms. The van der Waals surface area contributed by atoms with Crippen LogP contribution in [0.2, 0.25) is 0 Å². The number of Topliss-reactive ketones (excluding diaryl/α,β-unsaturated/α-hetero) is 1. The smallest absolute Gasteiger partial charge is 0.168 e. The lowest BCUT2D eigenvalue weighted by molar-refractivity contribution is 0.0991. The number of para-hydroxylation sites is 2. The van der Waals surface area contributed by atoms with Gasteiger partial charge >= 0.3 is 0 Å². The first-order chi connectivity index (χ1) is 21.6. The third-order valence-electron chi connectivity index (χ3n) is 8.76. The number of hydrogen-bond donors (Lipinski definition) is 0. The van der Waals surface area contributed by atoms with Crippen molar-refractivity contribution in [2.45, 2.75) is 19.3 Å². The molecule has 2 heterocycles. The Kier molecular flexibility index (Phi) is 7.72. The molecule has 1 saturated heterocycles. The summed E-state index contributed by atoms with van der Waals surface area (Å²) in [5.41, 5.74) is 8.60. The van der Waals surface area contributed by atoms with Gasteiger partial charge in [0.15, 0.2) is 5.78 Å². The maximum atomic E-state index is 13.2. The highest BCUT2D eigenvalue weighted by Crippen LogP contribution is 2.43. The second-order valence-electron chi connectivity index (χ2n) is 11.4. The molecule has 1 aromatic heterocycles. The molecule has 2 aliphatic carbocycles. The number of hydrogen-bond acceptors (Lipinski definition) is 5. The van der Waals surface area contributed by atoms with Crippen LogP contribution in [-0.4, -0.2) is 36.9 Å². The Labute approximate surface area is 265 Å². The van der Waals surface area contributed by atoms with E-state index in [1.54, 1.807) is 6.20 Å². The number of aromatic nitrogens is 1. The number of carbonyl (C=O) groups is 1. The molecule has 0 unspecified atom stereocenters. The Morgan fingerprint density at radius 3 is 2.36 bits per heavy atom. The summed E-state index contributed by atoms with van der Waals surface area (Å²) >= 11 is 3.83. The molecule has 5 nitrogen and oxygen atoms in total. The number of pyridine rings is 1. The fourth-order valence-corrected chi connectivity index (χ4v) is 7.21. The van der Waals surface area contributed by atoms with E-state index in [-0.39, 0.29) is 5.78 Å². The van der Waals surface area contributed by atoms with Crippen LogP contribution in [0.15, 0.2) is 113 Å². The van der Waals surface area contributed by atoms with Gasteiger partial charge in [-0.25, -0.2) is 0 Å². The van der Waals surface area contributed by atoms with Crippen molar-refractivity contribution < 1.29 is 4.79 Å². The van der Waals surface area contributed by atoms with E-state index in [2.05, 4.69) is 104 Å². The van der Waals surface area contributed by atoms with Crippen LogP contribution >= 0.6 is 15.9 Å². The standard InChI is InChI=1S/C28H25BrN2O.C10H6N2/c29-25-18-22(31-14-12-30(13-15-31)21-7-2-1-3-8-21)16-20-10-11-24-23-9-5-4-6-19(23)17-26(32)28(24)27(20)25;11-6-8-5-9-3-1-2-4-10(9)12-7-8/h1-3,5,7-11,16,18H,4,6,12-15,17H2;1-5,7H. The second-order valence-corrected chi connectivity index (χ2v) is 12.3. The number of fused-ring (bicyclic) bond motifs is 5. The van der Waals surface area contributed by atoms with Gasteiger partial charge in [0.2, 0.25) is 0 Å². The van der Waals surface area contributed by atoms with E-state index in [1.165, 1.54) is 22.5 Å². The van der Waals surface area contributed by atoms with E-state index >= 15 is 0 Å². The molecule has 0 radical (unpaired) electrons. The molecule has 8 rings (SSSR count). The summed E-state index contributed by atoms with van der Waals surface area (Å²) in [6.07, 6.45) is 8.63. The number of nitrogens with zero attached hydrogens (tertiary/aromatic N) is 4. The molecule has 216 valence electrons. The first-order valence-corrected chi connectivity index (χ1v) is 15.9. The summed E-state index contributed by atoms with van der Waals surface area (Å²) < 4.78 is 1.02. The van der Waals surface area contributed by atoms with Crippen LogP contribution in [0.4, 0.5) is 11.4 Å². The molecule has 0 amide bonds. The van der Waals surface area contributed by atoms with E-state index in [1.807, 2.05) is 30.3 Å². The Bertz CT molecular complexity index is 2000. The molecule has 0 spiro atoms. The van der Waals surface area contributed by atoms with Gasteiger partial charge in [-0.2, -0.15) is 5.26 Å². The predicted octanol–water partition coefficient (Wildman–Crippen LogP) is 8.73. The van der Waals surface area contributed by atoms with Crippen LogP contribution in [0, 0.1) is 11.3 Å². The number of piperazine rings is 1. The van der Waals surface area contributed by atoms with Gasteiger partial charge in [0.05, 0.1) is 11.1 Å². The molecule has 1 aliphatic heterocycles. The van der Waals surface area contributed by atoms with Gasteiger partial charge in [-0.3, -0.25) is 9.78 Å². The van der Waals surface area contributed by atoms with Crippen LogP contribution in [0.25, 0.3) is 27.2 Å². The van der Waals surface area contributed by atoms with Gasteiger partial charge in [0.1, 0.15) is 6.07 Å². The Hall–Kier alpha value is -4.73. The maximum Gasteiger partial charge on any atom is 0.168 e. The molecule has 0 saturated carbocycles. The number of benzene rings is 4. The van der Waals surface area contributed by atoms with Crippen LogP contribution in [0.5, 0.6) is 0 Å². The van der Waals surface area contributed by atoms with Crippen LogP contribution in [0.3, 0.4) is 0 Å². The molecular weight excluding hydrogens is 608 g/mol. The van der Waals surface area contributed by atoms with Crippen LogP contribution in [-0.2, 0) is 0 Å². The molecule has 0 atom stereocenters. The molecule has 0 N–H and O–H groups in total. The molecule has 44 heavy (non-hydrogen) atoms. The molecule has 5 aromatic rings. The highest BCUT2D eigenvalue weighted by molar-refractivity contribution is 9.10. The molecule has 3 aliphatic rings. The van der Waals surface area contributed by atoms with Crippen molar-refractivity contribution in [3.63, 3.8) is 0 Å². The summed E-state index contributed by atoms with van der Waals surface area (Å²) in [6.45, 7) is 3.98. The average molecular weight is 640 g/mol. The Morgan fingerprint density at radius 1 is 0.818 bits per heavy atom. The highest BCUT2D eigenvalue weighted by Gasteiger charge is 2.28. The summed E-state index contributed by atoms with van der Waals surface area (Å²) in [4.78, 5) is 22.2. The monoisotopic (exact) mass is 638 g/mol. The first-order valence-electron chi connectivity index (χ1n) is 15.1. The maximum absolute atomic E-state index is 13.2. The summed E-state index contributed by atoms with van der Waals surface area (Å²) in [5, 5.41) is 11.8. The zero-order chi connectivity index (χ0) is 30.0. The van der Waals surface area contributed by atoms with E-state index in [0.717, 1.165) is 76.3 Å². The van der Waals surface area contributed by atoms with Gasteiger partial charge in [-0.1, -0.05) is 82.2 Å². The quantitative estimate of drug-likeness (QED) is 0.193. The topological polar surface area (TPSA) is 60.2 Å². The van der Waals surface area contributed by atoms with E-state index in [9.17, 15) is 4.79 Å². The minimum atomic E-state index is 0.254. The number of allylic oxidation sites excluding steroid dienone is 4. The largest absolute Gasteiger partial charge is 0.368 e. The Balaban J connectivity index is 0.000000218. The number of anilines is 2. The van der Waals surface area contributed by atoms with Crippen molar-refractivity contribution in [2.24, 2.45) is 0 Å². The number of halogens is 1. The van der Waals surface area contributed by atoms with Crippen molar-refractivity contribution in [1.29, 1.82) is 5.26 Å². The number of nitriles is 1. The molecule has 4 aromatic carbocycles. The molecule has 1 fully saturated rings. The first kappa shape index (κ1) is 28.1. The van der Waals surface area contributed by atoms with Crippen molar-refractivity contribution in [3.05, 3.63) is 130 Å². The second kappa shape index (κ2) is 12.1. The minimum Gasteiger partial charge on any atom is -0.368 e. The van der Waals surface area contributed by atoms with Crippen molar-refractivity contribution in [1.82, 2.24) is 4.98 Å². The van der Waals surface area contributed by atoms with Gasteiger partial charge < -0.3 is 9.80 Å².